The molecule has 0 unspecified atom stereocenters. The molecule has 1 heterocycles. The van der Waals surface area contributed by atoms with E-state index in [1.807, 2.05) is 0 Å². The molecule has 116 valence electrons. The Balaban J connectivity index is 1.98. The topological polar surface area (TPSA) is 110 Å². The molecule has 1 atom stereocenters. The molecule has 0 radical (unpaired) electrons. The van der Waals surface area contributed by atoms with Crippen molar-refractivity contribution in [3.05, 3.63) is 34.9 Å². The number of benzene rings is 2. The lowest BCUT2D eigenvalue weighted by Crippen LogP contribution is -2.15. The van der Waals surface area contributed by atoms with Crippen LogP contribution in [0.2, 0.25) is 0 Å². The zero-order chi connectivity index (χ0) is 16.0. The van der Waals surface area contributed by atoms with Gasteiger partial charge in [-0.1, -0.05) is 0 Å². The zero-order valence-corrected chi connectivity index (χ0v) is 11.9. The van der Waals surface area contributed by atoms with Crippen molar-refractivity contribution in [3.8, 4) is 34.5 Å². The summed E-state index contributed by atoms with van der Waals surface area (Å²) in [7, 11) is 0. The zero-order valence-electron chi connectivity index (χ0n) is 11.9. The highest BCUT2D eigenvalue weighted by atomic mass is 16.5. The van der Waals surface area contributed by atoms with Crippen LogP contribution >= 0.6 is 0 Å². The predicted molar refractivity (Wildman–Crippen MR) is 77.6 cm³/mol. The number of ether oxygens (including phenoxy) is 1. The highest BCUT2D eigenvalue weighted by molar-refractivity contribution is 5.57. The van der Waals surface area contributed by atoms with Crippen LogP contribution in [0.4, 0.5) is 0 Å². The van der Waals surface area contributed by atoms with Crippen LogP contribution in [0.3, 0.4) is 0 Å². The average molecular weight is 304 g/mol. The fraction of sp³-hybridized carbons (Fsp3) is 0.250. The Morgan fingerprint density at radius 3 is 2.18 bits per heavy atom. The van der Waals surface area contributed by atoms with Gasteiger partial charge in [0.1, 0.15) is 23.4 Å². The number of phenols is 5. The van der Waals surface area contributed by atoms with Crippen LogP contribution in [0.1, 0.15) is 29.2 Å². The maximum atomic E-state index is 10.1. The van der Waals surface area contributed by atoms with Crippen molar-refractivity contribution in [1.29, 1.82) is 0 Å². The summed E-state index contributed by atoms with van der Waals surface area (Å²) in [5.74, 6) is -1.12. The molecule has 0 aromatic heterocycles. The van der Waals surface area contributed by atoms with Gasteiger partial charge in [0.05, 0.1) is 0 Å². The molecule has 2 aromatic carbocycles. The van der Waals surface area contributed by atoms with Gasteiger partial charge in [0.2, 0.25) is 0 Å². The fourth-order valence-electron chi connectivity index (χ4n) is 2.66. The standard InChI is InChI=1S/C16H16O6/c1-7-10(17)6-14-9(15(7)20)2-3-13(22-14)8-4-11(18)16(21)12(19)5-8/h4-6,13,17-21H,2-3H2,1H3/t13-/m0/s1. The second-order valence-electron chi connectivity index (χ2n) is 5.40. The molecule has 0 spiro atoms. The maximum Gasteiger partial charge on any atom is 0.200 e. The third-order valence-corrected chi connectivity index (χ3v) is 3.98. The molecule has 0 saturated heterocycles. The van der Waals surface area contributed by atoms with E-state index in [1.165, 1.54) is 18.2 Å². The Hall–Kier alpha value is -2.76. The Bertz CT molecular complexity index is 730. The Labute approximate surface area is 126 Å². The molecule has 1 aliphatic rings. The number of rotatable bonds is 1. The minimum Gasteiger partial charge on any atom is -0.507 e. The molecule has 5 N–H and O–H groups in total. The second-order valence-corrected chi connectivity index (χ2v) is 5.40. The third-order valence-electron chi connectivity index (χ3n) is 3.98. The highest BCUT2D eigenvalue weighted by Crippen LogP contribution is 2.45. The van der Waals surface area contributed by atoms with E-state index in [9.17, 15) is 25.5 Å². The van der Waals surface area contributed by atoms with Crippen molar-refractivity contribution in [1.82, 2.24) is 0 Å². The van der Waals surface area contributed by atoms with Crippen LogP contribution in [0.5, 0.6) is 34.5 Å². The second kappa shape index (κ2) is 4.91. The first-order valence-corrected chi connectivity index (χ1v) is 6.84. The van der Waals surface area contributed by atoms with Crippen LogP contribution in [0.25, 0.3) is 0 Å². The molecule has 0 bridgehead atoms. The summed E-state index contributed by atoms with van der Waals surface area (Å²) < 4.78 is 5.76. The van der Waals surface area contributed by atoms with Gasteiger partial charge >= 0.3 is 0 Å². The summed E-state index contributed by atoms with van der Waals surface area (Å²) >= 11 is 0. The van der Waals surface area contributed by atoms with Gasteiger partial charge in [-0.15, -0.1) is 0 Å². The molecule has 6 nitrogen and oxygen atoms in total. The first-order chi connectivity index (χ1) is 10.4. The fourth-order valence-corrected chi connectivity index (χ4v) is 2.66. The molecule has 0 amide bonds. The van der Waals surface area contributed by atoms with Gasteiger partial charge in [-0.2, -0.15) is 0 Å². The normalized spacial score (nSPS) is 16.9. The molecule has 1 aliphatic heterocycles. The van der Waals surface area contributed by atoms with Gasteiger partial charge in [0.25, 0.3) is 0 Å². The molecule has 0 fully saturated rings. The quantitative estimate of drug-likeness (QED) is 0.518. The molecule has 2 aromatic rings. The van der Waals surface area contributed by atoms with E-state index in [2.05, 4.69) is 0 Å². The van der Waals surface area contributed by atoms with E-state index >= 15 is 0 Å². The van der Waals surface area contributed by atoms with Gasteiger partial charge in [-0.25, -0.2) is 0 Å². The van der Waals surface area contributed by atoms with Crippen molar-refractivity contribution >= 4 is 0 Å². The highest BCUT2D eigenvalue weighted by Gasteiger charge is 2.27. The van der Waals surface area contributed by atoms with Crippen LogP contribution in [0.15, 0.2) is 18.2 Å². The van der Waals surface area contributed by atoms with Gasteiger partial charge in [0.15, 0.2) is 17.2 Å². The third kappa shape index (κ3) is 2.13. The number of fused-ring (bicyclic) bond motifs is 1. The van der Waals surface area contributed by atoms with Crippen molar-refractivity contribution in [3.63, 3.8) is 0 Å². The van der Waals surface area contributed by atoms with E-state index < -0.39 is 23.4 Å². The molecular formula is C16H16O6. The summed E-state index contributed by atoms with van der Waals surface area (Å²) in [6.07, 6.45) is 0.579. The predicted octanol–water partition coefficient (Wildman–Crippen LogP) is 2.59. The summed E-state index contributed by atoms with van der Waals surface area (Å²) in [6, 6.07) is 4.08. The van der Waals surface area contributed by atoms with Crippen molar-refractivity contribution in [2.45, 2.75) is 25.9 Å². The lowest BCUT2D eigenvalue weighted by molar-refractivity contribution is 0.173. The van der Waals surface area contributed by atoms with Gasteiger partial charge in [-0.3, -0.25) is 0 Å². The monoisotopic (exact) mass is 304 g/mol. The number of hydrogen-bond donors (Lipinski definition) is 5. The van der Waals surface area contributed by atoms with Crippen molar-refractivity contribution in [2.24, 2.45) is 0 Å². The molecule has 3 rings (SSSR count). The summed E-state index contributed by atoms with van der Waals surface area (Å²) in [6.45, 7) is 1.62. The summed E-state index contributed by atoms with van der Waals surface area (Å²) in [5, 5.41) is 48.4. The first kappa shape index (κ1) is 14.2. The van der Waals surface area contributed by atoms with Crippen LogP contribution in [0, 0.1) is 6.92 Å². The summed E-state index contributed by atoms with van der Waals surface area (Å²) in [4.78, 5) is 0. The summed E-state index contributed by atoms with van der Waals surface area (Å²) in [5.41, 5.74) is 1.53. The van der Waals surface area contributed by atoms with E-state index in [4.69, 9.17) is 4.74 Å². The van der Waals surface area contributed by atoms with E-state index in [0.29, 0.717) is 35.3 Å². The minimum absolute atomic E-state index is 0.0184. The lowest BCUT2D eigenvalue weighted by Gasteiger charge is -2.28. The van der Waals surface area contributed by atoms with Crippen molar-refractivity contribution < 1.29 is 30.3 Å². The van der Waals surface area contributed by atoms with Crippen LogP contribution in [-0.4, -0.2) is 25.5 Å². The molecule has 22 heavy (non-hydrogen) atoms. The van der Waals surface area contributed by atoms with Gasteiger partial charge < -0.3 is 30.3 Å². The number of aromatic hydroxyl groups is 5. The van der Waals surface area contributed by atoms with Crippen LogP contribution < -0.4 is 4.74 Å². The van der Waals surface area contributed by atoms with Crippen molar-refractivity contribution in [2.75, 3.05) is 0 Å². The van der Waals surface area contributed by atoms with E-state index in [-0.39, 0.29) is 11.5 Å². The largest absolute Gasteiger partial charge is 0.507 e. The lowest BCUT2D eigenvalue weighted by atomic mass is 9.95. The Kier molecular flexibility index (Phi) is 3.16. The molecular weight excluding hydrogens is 288 g/mol. The van der Waals surface area contributed by atoms with E-state index in [0.717, 1.165) is 0 Å². The first-order valence-electron chi connectivity index (χ1n) is 6.84. The van der Waals surface area contributed by atoms with Gasteiger partial charge in [0, 0.05) is 17.2 Å². The smallest absolute Gasteiger partial charge is 0.200 e. The number of hydrogen-bond acceptors (Lipinski definition) is 6. The van der Waals surface area contributed by atoms with Gasteiger partial charge in [-0.05, 0) is 37.5 Å². The Morgan fingerprint density at radius 1 is 0.909 bits per heavy atom. The maximum absolute atomic E-state index is 10.1. The average Bonchev–Trinajstić information content (AvgIpc) is 2.49. The molecule has 6 heteroatoms. The number of phenolic OH excluding ortho intramolecular Hbond substituents is 5. The molecule has 0 saturated carbocycles. The SMILES string of the molecule is Cc1c(O)cc2c(c1O)CC[C@@H](c1cc(O)c(O)c(O)c1)O2. The van der Waals surface area contributed by atoms with E-state index in [1.54, 1.807) is 6.92 Å². The Morgan fingerprint density at radius 2 is 1.55 bits per heavy atom. The van der Waals surface area contributed by atoms with Crippen LogP contribution in [-0.2, 0) is 6.42 Å². The molecule has 0 aliphatic carbocycles. The minimum atomic E-state index is -0.578.